The maximum atomic E-state index is 4.88. The van der Waals surface area contributed by atoms with Gasteiger partial charge in [-0.1, -0.05) is 54.1 Å². The number of allylic oxidation sites excluding steroid dienone is 1. The largest absolute Gasteiger partial charge is 0.325 e. The third-order valence-corrected chi connectivity index (χ3v) is 5.65. The normalized spacial score (nSPS) is 15.8. The highest BCUT2D eigenvalue weighted by atomic mass is 15.2. The minimum absolute atomic E-state index is 0.0974. The van der Waals surface area contributed by atoms with Crippen LogP contribution in [0.25, 0.3) is 16.7 Å². The van der Waals surface area contributed by atoms with Crippen molar-refractivity contribution >= 4 is 22.7 Å². The molecule has 1 unspecified atom stereocenters. The average molecular weight is 365 g/mol. The van der Waals surface area contributed by atoms with E-state index in [1.807, 2.05) is 6.07 Å². The summed E-state index contributed by atoms with van der Waals surface area (Å²) in [7, 11) is 0. The number of nitrogens with zero attached hydrogens (tertiary/aromatic N) is 2. The van der Waals surface area contributed by atoms with Crippen molar-refractivity contribution in [2.45, 2.75) is 26.8 Å². The molecule has 5 rings (SSSR count). The van der Waals surface area contributed by atoms with E-state index in [-0.39, 0.29) is 6.04 Å². The lowest BCUT2D eigenvalue weighted by atomic mass is 9.98. The Bertz CT molecular complexity index is 1230. The number of benzene rings is 3. The fraction of sp³-hybridized carbons (Fsp3) is 0.160. The highest BCUT2D eigenvalue weighted by Gasteiger charge is 2.25. The number of hydrogen-bond donors (Lipinski definition) is 1. The number of para-hydroxylation sites is 2. The van der Waals surface area contributed by atoms with Crippen molar-refractivity contribution in [2.75, 3.05) is 5.32 Å². The summed E-state index contributed by atoms with van der Waals surface area (Å²) in [4.78, 5) is 4.88. The Morgan fingerprint density at radius 3 is 2.54 bits per heavy atom. The first-order valence-electron chi connectivity index (χ1n) is 9.70. The number of rotatable bonds is 2. The van der Waals surface area contributed by atoms with Crippen LogP contribution in [-0.2, 0) is 0 Å². The molecular weight excluding hydrogens is 342 g/mol. The molecule has 2 heterocycles. The number of anilines is 1. The van der Waals surface area contributed by atoms with Crippen LogP contribution in [0, 0.1) is 20.8 Å². The van der Waals surface area contributed by atoms with Gasteiger partial charge in [-0.05, 0) is 67.3 Å². The highest BCUT2D eigenvalue weighted by molar-refractivity contribution is 5.85. The van der Waals surface area contributed by atoms with E-state index in [1.165, 1.54) is 27.8 Å². The van der Waals surface area contributed by atoms with Crippen molar-refractivity contribution in [1.82, 2.24) is 9.55 Å². The van der Waals surface area contributed by atoms with Crippen molar-refractivity contribution in [3.05, 3.63) is 101 Å². The van der Waals surface area contributed by atoms with Crippen molar-refractivity contribution < 1.29 is 0 Å². The number of nitrogens with one attached hydrogen (secondary N) is 1. The number of aromatic nitrogens is 2. The monoisotopic (exact) mass is 365 g/mol. The predicted octanol–water partition coefficient (Wildman–Crippen LogP) is 6.02. The van der Waals surface area contributed by atoms with Gasteiger partial charge >= 0.3 is 0 Å². The molecule has 0 spiro atoms. The van der Waals surface area contributed by atoms with Crippen LogP contribution in [0.4, 0.5) is 5.95 Å². The number of fused-ring (bicyclic) bond motifs is 3. The quantitative estimate of drug-likeness (QED) is 0.471. The van der Waals surface area contributed by atoms with Gasteiger partial charge in [0.2, 0.25) is 5.95 Å². The molecule has 1 aliphatic heterocycles. The molecule has 0 bridgehead atoms. The van der Waals surface area contributed by atoms with E-state index < -0.39 is 0 Å². The second-order valence-corrected chi connectivity index (χ2v) is 7.66. The van der Waals surface area contributed by atoms with Crippen LogP contribution in [-0.4, -0.2) is 9.55 Å². The van der Waals surface area contributed by atoms with E-state index in [4.69, 9.17) is 4.98 Å². The molecule has 3 nitrogen and oxygen atoms in total. The second kappa shape index (κ2) is 6.38. The van der Waals surface area contributed by atoms with Crippen molar-refractivity contribution in [2.24, 2.45) is 0 Å². The lowest BCUT2D eigenvalue weighted by Crippen LogP contribution is -2.19. The lowest BCUT2D eigenvalue weighted by Gasteiger charge is -2.27. The summed E-state index contributed by atoms with van der Waals surface area (Å²) >= 11 is 0. The molecule has 0 amide bonds. The summed E-state index contributed by atoms with van der Waals surface area (Å²) < 4.78 is 2.30. The van der Waals surface area contributed by atoms with E-state index >= 15 is 0 Å². The maximum absolute atomic E-state index is 4.88. The molecule has 0 fully saturated rings. The van der Waals surface area contributed by atoms with Gasteiger partial charge in [0.05, 0.1) is 17.1 Å². The minimum Gasteiger partial charge on any atom is -0.325 e. The first-order chi connectivity index (χ1) is 13.6. The van der Waals surface area contributed by atoms with Crippen LogP contribution in [0.2, 0.25) is 0 Å². The maximum Gasteiger partial charge on any atom is 0.209 e. The Kier molecular flexibility index (Phi) is 3.83. The molecular formula is C25H23N3. The molecule has 3 heteroatoms. The average Bonchev–Trinajstić information content (AvgIpc) is 3.08. The highest BCUT2D eigenvalue weighted by Crippen LogP contribution is 2.37. The fourth-order valence-electron chi connectivity index (χ4n) is 3.99. The first-order valence-corrected chi connectivity index (χ1v) is 9.70. The van der Waals surface area contributed by atoms with E-state index in [0.717, 1.165) is 22.7 Å². The molecule has 1 atom stereocenters. The summed E-state index contributed by atoms with van der Waals surface area (Å²) in [5, 5.41) is 3.58. The smallest absolute Gasteiger partial charge is 0.209 e. The molecule has 1 aromatic heterocycles. The molecule has 1 aliphatic rings. The summed E-state index contributed by atoms with van der Waals surface area (Å²) in [6.07, 6.45) is 2.32. The topological polar surface area (TPSA) is 29.9 Å². The van der Waals surface area contributed by atoms with Gasteiger partial charge in [0, 0.05) is 5.70 Å². The summed E-state index contributed by atoms with van der Waals surface area (Å²) in [5.74, 6) is 0.892. The van der Waals surface area contributed by atoms with E-state index in [0.29, 0.717) is 0 Å². The third-order valence-electron chi connectivity index (χ3n) is 5.65. The van der Waals surface area contributed by atoms with Gasteiger partial charge in [0.25, 0.3) is 0 Å². The molecule has 0 saturated heterocycles. The number of imidazole rings is 1. The Morgan fingerprint density at radius 2 is 1.71 bits per heavy atom. The van der Waals surface area contributed by atoms with Crippen molar-refractivity contribution in [3.8, 4) is 0 Å². The van der Waals surface area contributed by atoms with Crippen molar-refractivity contribution in [1.29, 1.82) is 0 Å². The zero-order chi connectivity index (χ0) is 19.3. The molecule has 1 N–H and O–H groups in total. The SMILES string of the molecule is Cc1cccc(C2C=C(c3ccc(C)c(C)c3)Nc3nc4ccccc4n32)c1. The van der Waals surface area contributed by atoms with Crippen LogP contribution in [0.5, 0.6) is 0 Å². The third kappa shape index (κ3) is 2.71. The molecule has 0 saturated carbocycles. The second-order valence-electron chi connectivity index (χ2n) is 7.66. The number of hydrogen-bond acceptors (Lipinski definition) is 2. The Balaban J connectivity index is 1.72. The van der Waals surface area contributed by atoms with Gasteiger partial charge in [-0.3, -0.25) is 4.57 Å². The van der Waals surface area contributed by atoms with Gasteiger partial charge in [-0.2, -0.15) is 0 Å². The summed E-state index contributed by atoms with van der Waals surface area (Å²) in [6, 6.07) is 23.8. The Hall–Kier alpha value is -3.33. The zero-order valence-electron chi connectivity index (χ0n) is 16.4. The van der Waals surface area contributed by atoms with E-state index in [1.54, 1.807) is 0 Å². The van der Waals surface area contributed by atoms with Crippen LogP contribution >= 0.6 is 0 Å². The molecule has 28 heavy (non-hydrogen) atoms. The van der Waals surface area contributed by atoms with Crippen LogP contribution in [0.15, 0.2) is 72.8 Å². The van der Waals surface area contributed by atoms with Gasteiger partial charge in [-0.15, -0.1) is 0 Å². The lowest BCUT2D eigenvalue weighted by molar-refractivity contribution is 0.720. The minimum atomic E-state index is 0.0974. The first kappa shape index (κ1) is 16.8. The molecule has 0 radical (unpaired) electrons. The standard InChI is InChI=1S/C25H23N3/c1-16-7-6-8-20(13-16)24-15-22(19-12-11-17(2)18(3)14-19)27-25-26-21-9-4-5-10-23(21)28(24)25/h4-15,24H,1-3H3,(H,26,27). The van der Waals surface area contributed by atoms with E-state index in [9.17, 15) is 0 Å². The summed E-state index contributed by atoms with van der Waals surface area (Å²) in [5.41, 5.74) is 9.60. The Morgan fingerprint density at radius 1 is 0.857 bits per heavy atom. The molecule has 0 aliphatic carbocycles. The van der Waals surface area contributed by atoms with Crippen LogP contribution < -0.4 is 5.32 Å². The van der Waals surface area contributed by atoms with Crippen molar-refractivity contribution in [3.63, 3.8) is 0 Å². The van der Waals surface area contributed by atoms with Gasteiger partial charge in [-0.25, -0.2) is 4.98 Å². The predicted molar refractivity (Wildman–Crippen MR) is 117 cm³/mol. The zero-order valence-corrected chi connectivity index (χ0v) is 16.4. The number of aryl methyl sites for hydroxylation is 3. The van der Waals surface area contributed by atoms with Crippen LogP contribution in [0.1, 0.15) is 33.9 Å². The van der Waals surface area contributed by atoms with E-state index in [2.05, 4.69) is 97.4 Å². The van der Waals surface area contributed by atoms with Gasteiger partial charge in [0.1, 0.15) is 0 Å². The molecule has 4 aromatic rings. The Labute approximate surface area is 165 Å². The van der Waals surface area contributed by atoms with Gasteiger partial charge in [0.15, 0.2) is 0 Å². The van der Waals surface area contributed by atoms with Gasteiger partial charge < -0.3 is 5.32 Å². The molecule has 138 valence electrons. The molecule has 3 aromatic carbocycles. The van der Waals surface area contributed by atoms with Crippen LogP contribution in [0.3, 0.4) is 0 Å². The summed E-state index contributed by atoms with van der Waals surface area (Å²) in [6.45, 7) is 6.46. The fourth-order valence-corrected chi connectivity index (χ4v) is 3.99.